The second kappa shape index (κ2) is 33.4. The predicted molar refractivity (Wildman–Crippen MR) is 344 cm³/mol. The summed E-state index contributed by atoms with van der Waals surface area (Å²) in [5, 5.41) is 26.7. The number of pyridine rings is 1. The molecule has 4 aromatic heterocycles. The molecule has 7 heterocycles. The second-order valence-electron chi connectivity index (χ2n) is 25.0. The van der Waals surface area contributed by atoms with Crippen molar-refractivity contribution in [2.24, 2.45) is 11.1 Å². The molecule has 30 heteroatoms. The first-order valence-corrected chi connectivity index (χ1v) is 32.7. The van der Waals surface area contributed by atoms with Crippen LogP contribution in [0.5, 0.6) is 5.75 Å². The molecule has 5 atom stereocenters. The lowest BCUT2D eigenvalue weighted by Gasteiger charge is -2.44. The number of aromatic nitrogens is 6. The van der Waals surface area contributed by atoms with E-state index in [0.717, 1.165) is 33.8 Å². The minimum absolute atomic E-state index is 0.0109. The highest BCUT2D eigenvalue weighted by Crippen LogP contribution is 2.36. The molecule has 0 spiro atoms. The molecule has 0 aliphatic carbocycles. The number of rotatable bonds is 32. The summed E-state index contributed by atoms with van der Waals surface area (Å²) in [7, 11) is 0. The first-order chi connectivity index (χ1) is 45.6. The number of anilines is 2. The highest BCUT2D eigenvalue weighted by Gasteiger charge is 2.45. The fraction of sp³-hybridized carbons (Fsp3) is 0.554. The molecule has 2 aromatic carbocycles. The third kappa shape index (κ3) is 19.1. The number of imidazole rings is 1. The SMILES string of the molecule is Cc1ncsc1-c1ccc(CNC(=O)[C@@H]2C[C@@H](O)CN2C(=O)[C@@H](NC(=O)CCOCCOCCOCCOCCOCCC(=O)N2CCC(Oc3c(F)cc(-c4cc(Cn5cnc6c(N)ncnc65)c(N5CCC[C@](N)([C@@H](O)C(F)F)C5)cn4)cc3F)CC2)C(C)(C)C)cc1. The van der Waals surface area contributed by atoms with Crippen molar-refractivity contribution in [2.45, 2.75) is 128 Å². The summed E-state index contributed by atoms with van der Waals surface area (Å²) >= 11 is 1.56. The number of nitrogens with two attached hydrogens (primary N) is 2. The Bertz CT molecular complexity index is 3520. The number of hydrogen-bond acceptors (Lipinski definition) is 21. The average Bonchev–Trinajstić information content (AvgIpc) is 1.63. The van der Waals surface area contributed by atoms with E-state index in [4.69, 9.17) is 39.9 Å². The van der Waals surface area contributed by atoms with Crippen molar-refractivity contribution in [3.8, 4) is 27.4 Å². The lowest BCUT2D eigenvalue weighted by molar-refractivity contribution is -0.144. The first kappa shape index (κ1) is 71.7. The van der Waals surface area contributed by atoms with Crippen molar-refractivity contribution in [1.29, 1.82) is 0 Å². The number of benzene rings is 2. The molecule has 9 rings (SSSR count). The molecular formula is C65H85F4N13O12S. The van der Waals surface area contributed by atoms with Crippen molar-refractivity contribution >= 4 is 57.6 Å². The number of nitrogens with one attached hydrogen (secondary N) is 2. The van der Waals surface area contributed by atoms with Crippen molar-refractivity contribution in [2.75, 3.05) is 109 Å². The van der Waals surface area contributed by atoms with Gasteiger partial charge in [0.05, 0.1) is 131 Å². The number of thiazole rings is 1. The molecule has 3 saturated heterocycles. The van der Waals surface area contributed by atoms with E-state index < -0.39 is 77.0 Å². The fourth-order valence-corrected chi connectivity index (χ4v) is 12.6. The normalized spacial score (nSPS) is 18.6. The number of β-amino-alcohol motifs (C(OH)–C–C–N with tert-alkyl or cyclic N) is 1. The lowest BCUT2D eigenvalue weighted by Crippen LogP contribution is -2.63. The first-order valence-electron chi connectivity index (χ1n) is 31.8. The summed E-state index contributed by atoms with van der Waals surface area (Å²) in [5.74, 6) is -3.66. The zero-order valence-corrected chi connectivity index (χ0v) is 54.7. The molecular weight excluding hydrogens is 1260 g/mol. The number of fused-ring (bicyclic) bond motifs is 1. The highest BCUT2D eigenvalue weighted by molar-refractivity contribution is 7.13. The fourth-order valence-electron chi connectivity index (χ4n) is 11.8. The number of nitrogen functional groups attached to an aromatic ring is 1. The van der Waals surface area contributed by atoms with Crippen LogP contribution in [0.2, 0.25) is 0 Å². The number of likely N-dealkylation sites (tertiary alicyclic amines) is 2. The van der Waals surface area contributed by atoms with Gasteiger partial charge in [0.2, 0.25) is 23.6 Å². The van der Waals surface area contributed by atoms with Crippen molar-refractivity contribution in [3.63, 3.8) is 0 Å². The van der Waals surface area contributed by atoms with E-state index in [2.05, 4.69) is 35.6 Å². The van der Waals surface area contributed by atoms with Crippen LogP contribution in [-0.4, -0.2) is 214 Å². The van der Waals surface area contributed by atoms with E-state index in [0.29, 0.717) is 87.7 Å². The monoisotopic (exact) mass is 1350 g/mol. The summed E-state index contributed by atoms with van der Waals surface area (Å²) < 4.78 is 94.7. The van der Waals surface area contributed by atoms with Gasteiger partial charge in [0.25, 0.3) is 6.43 Å². The zero-order valence-electron chi connectivity index (χ0n) is 53.9. The van der Waals surface area contributed by atoms with Gasteiger partial charge in [-0.05, 0) is 60.1 Å². The summed E-state index contributed by atoms with van der Waals surface area (Å²) in [6.07, 6.45) is -0.854. The number of aliphatic hydroxyl groups excluding tert-OH is 2. The number of halogens is 4. The van der Waals surface area contributed by atoms with Crippen LogP contribution in [0.4, 0.5) is 29.1 Å². The van der Waals surface area contributed by atoms with Gasteiger partial charge in [0.1, 0.15) is 36.1 Å². The largest absolute Gasteiger partial charge is 0.484 e. The quantitative estimate of drug-likeness (QED) is 0.0234. The van der Waals surface area contributed by atoms with E-state index in [1.165, 1.54) is 23.8 Å². The molecule has 8 N–H and O–H groups in total. The maximum Gasteiger partial charge on any atom is 0.265 e. The van der Waals surface area contributed by atoms with Crippen LogP contribution >= 0.6 is 11.3 Å². The number of hydrogen-bond donors (Lipinski definition) is 6. The minimum atomic E-state index is -3.06. The molecule has 6 aromatic rings. The molecule has 0 radical (unpaired) electrons. The maximum absolute atomic E-state index is 15.9. The van der Waals surface area contributed by atoms with Gasteiger partial charge in [-0.3, -0.25) is 24.2 Å². The molecule has 4 amide bonds. The number of piperidine rings is 2. The minimum Gasteiger partial charge on any atom is -0.484 e. The Morgan fingerprint density at radius 1 is 0.832 bits per heavy atom. The molecule has 25 nitrogen and oxygen atoms in total. The van der Waals surface area contributed by atoms with Crippen molar-refractivity contribution in [3.05, 3.63) is 95.3 Å². The van der Waals surface area contributed by atoms with Gasteiger partial charge < -0.3 is 80.0 Å². The van der Waals surface area contributed by atoms with Crippen LogP contribution in [0.1, 0.15) is 82.5 Å². The number of carbonyl (C=O) groups is 4. The number of carbonyl (C=O) groups excluding carboxylic acids is 4. The smallest absolute Gasteiger partial charge is 0.265 e. The topological polar surface area (TPSA) is 319 Å². The number of alkyl halides is 2. The van der Waals surface area contributed by atoms with E-state index in [9.17, 15) is 38.2 Å². The van der Waals surface area contributed by atoms with E-state index >= 15 is 8.78 Å². The molecule has 3 aliphatic rings. The van der Waals surface area contributed by atoms with Gasteiger partial charge in [-0.15, -0.1) is 11.3 Å². The zero-order chi connectivity index (χ0) is 67.8. The molecule has 3 fully saturated rings. The van der Waals surface area contributed by atoms with Gasteiger partial charge in [0, 0.05) is 70.5 Å². The van der Waals surface area contributed by atoms with E-state index in [1.54, 1.807) is 37.3 Å². The third-order valence-corrected chi connectivity index (χ3v) is 17.9. The summed E-state index contributed by atoms with van der Waals surface area (Å²) in [6, 6.07) is 9.82. The predicted octanol–water partition coefficient (Wildman–Crippen LogP) is 5.19. The maximum atomic E-state index is 15.9. The van der Waals surface area contributed by atoms with Crippen molar-refractivity contribution in [1.82, 2.24) is 49.9 Å². The molecule has 0 bridgehead atoms. The molecule has 0 unspecified atom stereocenters. The molecule has 95 heavy (non-hydrogen) atoms. The van der Waals surface area contributed by atoms with Gasteiger partial charge in [-0.1, -0.05) is 45.0 Å². The number of amides is 4. The van der Waals surface area contributed by atoms with Crippen LogP contribution < -0.4 is 31.7 Å². The van der Waals surface area contributed by atoms with Crippen LogP contribution in [0.15, 0.2) is 66.8 Å². The Morgan fingerprint density at radius 3 is 2.09 bits per heavy atom. The highest BCUT2D eigenvalue weighted by atomic mass is 32.1. The molecule has 0 saturated carbocycles. The van der Waals surface area contributed by atoms with Crippen LogP contribution in [0.25, 0.3) is 32.9 Å². The number of ether oxygens (including phenoxy) is 6. The number of aryl methyl sites for hydroxylation is 1. The summed E-state index contributed by atoms with van der Waals surface area (Å²) in [6.45, 7) is 11.2. The molecule has 516 valence electrons. The van der Waals surface area contributed by atoms with Gasteiger partial charge in [-0.25, -0.2) is 37.5 Å². The third-order valence-electron chi connectivity index (χ3n) is 17.0. The standard InChI is InChI=1S/C65H85F4N13O12S/c1-40-56(95-39-77-40)42-8-6-41(7-9-42)32-73-62(87)50-31-45(83)35-82(50)63(88)57(64(2,3)4)78-52(84)12-18-89-20-22-91-24-26-93-27-25-92-23-21-90-19-13-53(85)79-16-10-46(11-17-79)94-55-47(66)28-43(29-48(55)67)49-30-44(34-81-38-76-54-60(70)74-37-75-61(54)81)51(33-72-49)80-15-5-14-65(71,36-80)58(86)59(68)69/h6-9,28-30,33,37-39,45-46,50,57-59,83,86H,5,10-27,31-32,34-36,71H2,1-4H3,(H,73,87)(H,78,84)(H2,70,74,75)/t45-,50+,57-,58+,65-/m1/s1. The van der Waals surface area contributed by atoms with Crippen LogP contribution in [0.3, 0.4) is 0 Å². The Balaban J connectivity index is 0.605. The Labute approximate surface area is 552 Å². The molecule has 3 aliphatic heterocycles. The lowest BCUT2D eigenvalue weighted by atomic mass is 9.84. The summed E-state index contributed by atoms with van der Waals surface area (Å²) in [4.78, 5) is 80.9. The van der Waals surface area contributed by atoms with Gasteiger partial charge in [0.15, 0.2) is 28.8 Å². The van der Waals surface area contributed by atoms with Gasteiger partial charge >= 0.3 is 0 Å². The Hall–Kier alpha value is -7.55. The Morgan fingerprint density at radius 2 is 1.47 bits per heavy atom. The number of nitrogens with zero attached hydrogens (tertiary/aromatic N) is 9. The van der Waals surface area contributed by atoms with E-state index in [1.807, 2.05) is 52.0 Å². The van der Waals surface area contributed by atoms with E-state index in [-0.39, 0.29) is 120 Å². The number of aliphatic hydroxyl groups is 2. The second-order valence-corrected chi connectivity index (χ2v) is 25.9. The van der Waals surface area contributed by atoms with Gasteiger partial charge in [-0.2, -0.15) is 0 Å². The average molecular weight is 1350 g/mol. The Kier molecular flexibility index (Phi) is 25.2. The van der Waals surface area contributed by atoms with Crippen LogP contribution in [0, 0.1) is 24.0 Å². The van der Waals surface area contributed by atoms with Crippen molar-refractivity contribution < 1.29 is 75.4 Å². The van der Waals surface area contributed by atoms with Crippen LogP contribution in [-0.2, 0) is 56.0 Å². The summed E-state index contributed by atoms with van der Waals surface area (Å²) in [5.41, 5.74) is 16.9.